The summed E-state index contributed by atoms with van der Waals surface area (Å²) in [7, 11) is 1.59. The summed E-state index contributed by atoms with van der Waals surface area (Å²) in [6.07, 6.45) is 3.26. The van der Waals surface area contributed by atoms with Crippen molar-refractivity contribution in [3.8, 4) is 5.75 Å². The molecule has 2 amide bonds. The average Bonchev–Trinajstić information content (AvgIpc) is 2.85. The number of urea groups is 1. The maximum absolute atomic E-state index is 13.0. The smallest absolute Gasteiger partial charge is 0.338 e. The van der Waals surface area contributed by atoms with Gasteiger partial charge in [0.1, 0.15) is 5.75 Å². The Bertz CT molecular complexity index is 1030. The van der Waals surface area contributed by atoms with Crippen LogP contribution in [0.1, 0.15) is 36.9 Å². The van der Waals surface area contributed by atoms with E-state index in [2.05, 4.69) is 39.8 Å². The Morgan fingerprint density at radius 3 is 2.56 bits per heavy atom. The van der Waals surface area contributed by atoms with Crippen molar-refractivity contribution in [1.82, 2.24) is 15.5 Å². The quantitative estimate of drug-likeness (QED) is 0.582. The second-order valence-electron chi connectivity index (χ2n) is 8.83. The zero-order valence-electron chi connectivity index (χ0n) is 19.9. The van der Waals surface area contributed by atoms with E-state index in [0.29, 0.717) is 29.5 Å². The Balaban J connectivity index is 1.52. The van der Waals surface area contributed by atoms with Crippen LogP contribution in [-0.2, 0) is 16.0 Å². The molecule has 34 heavy (non-hydrogen) atoms. The summed E-state index contributed by atoms with van der Waals surface area (Å²) in [5.41, 5.74) is 3.20. The van der Waals surface area contributed by atoms with Gasteiger partial charge in [-0.1, -0.05) is 42.5 Å². The van der Waals surface area contributed by atoms with Gasteiger partial charge in [0.15, 0.2) is 0 Å². The lowest BCUT2D eigenvalue weighted by Crippen LogP contribution is -2.49. The molecule has 180 valence electrons. The van der Waals surface area contributed by atoms with E-state index in [1.807, 2.05) is 30.3 Å². The van der Waals surface area contributed by atoms with Crippen LogP contribution in [-0.4, -0.2) is 50.3 Å². The van der Waals surface area contributed by atoms with Crippen LogP contribution in [0.2, 0.25) is 0 Å². The molecule has 4 rings (SSSR count). The predicted molar refractivity (Wildman–Crippen MR) is 130 cm³/mol. The van der Waals surface area contributed by atoms with E-state index in [-0.39, 0.29) is 12.6 Å². The summed E-state index contributed by atoms with van der Waals surface area (Å²) in [6, 6.07) is 17.1. The van der Waals surface area contributed by atoms with Crippen LogP contribution in [0.4, 0.5) is 4.79 Å². The minimum Gasteiger partial charge on any atom is -0.497 e. The molecule has 2 aromatic carbocycles. The zero-order valence-corrected chi connectivity index (χ0v) is 19.9. The number of carbonyl (C=O) groups excluding carboxylic acids is 2. The molecule has 0 radical (unpaired) electrons. The third-order valence-electron chi connectivity index (χ3n) is 6.53. The number of hydrogen-bond donors (Lipinski definition) is 2. The van der Waals surface area contributed by atoms with E-state index in [9.17, 15) is 9.59 Å². The fraction of sp³-hybridized carbons (Fsp3) is 0.407. The van der Waals surface area contributed by atoms with E-state index in [4.69, 9.17) is 9.47 Å². The molecule has 2 aromatic rings. The lowest BCUT2D eigenvalue weighted by atomic mass is 9.89. The van der Waals surface area contributed by atoms with Crippen LogP contribution in [0.15, 0.2) is 65.9 Å². The van der Waals surface area contributed by atoms with Crippen LogP contribution in [0.3, 0.4) is 0 Å². The number of nitrogens with one attached hydrogen (secondary N) is 2. The molecule has 0 unspecified atom stereocenters. The molecule has 7 nitrogen and oxygen atoms in total. The topological polar surface area (TPSA) is 79.9 Å². The number of methoxy groups -OCH3 is 1. The molecule has 0 saturated carbocycles. The van der Waals surface area contributed by atoms with Crippen LogP contribution in [0, 0.1) is 5.92 Å². The number of carbonyl (C=O) groups is 2. The first-order chi connectivity index (χ1) is 16.6. The fourth-order valence-electron chi connectivity index (χ4n) is 4.78. The SMILES string of the molecule is CCOC(=O)C1=C(CN2CCC(Cc3ccccc3)CC2)NC(=O)N[C@@H]1c1cccc(OC)c1. The van der Waals surface area contributed by atoms with Crippen LogP contribution in [0.5, 0.6) is 5.75 Å². The highest BCUT2D eigenvalue weighted by Crippen LogP contribution is 2.31. The Hall–Kier alpha value is -3.32. The number of esters is 1. The number of hydrogen-bond acceptors (Lipinski definition) is 5. The third-order valence-corrected chi connectivity index (χ3v) is 6.53. The molecule has 7 heteroatoms. The molecule has 2 aliphatic heterocycles. The van der Waals surface area contributed by atoms with Crippen molar-refractivity contribution in [3.63, 3.8) is 0 Å². The van der Waals surface area contributed by atoms with Crippen molar-refractivity contribution in [2.24, 2.45) is 5.92 Å². The molecule has 2 N–H and O–H groups in total. The number of benzene rings is 2. The normalized spacial score (nSPS) is 19.4. The van der Waals surface area contributed by atoms with Crippen molar-refractivity contribution in [2.45, 2.75) is 32.2 Å². The monoisotopic (exact) mass is 463 g/mol. The number of nitrogens with zero attached hydrogens (tertiary/aromatic N) is 1. The predicted octanol–water partition coefficient (Wildman–Crippen LogP) is 3.82. The maximum Gasteiger partial charge on any atom is 0.338 e. The first kappa shape index (κ1) is 23.8. The maximum atomic E-state index is 13.0. The first-order valence-corrected chi connectivity index (χ1v) is 11.9. The van der Waals surface area contributed by atoms with Crippen LogP contribution >= 0.6 is 0 Å². The van der Waals surface area contributed by atoms with Gasteiger partial charge in [0.2, 0.25) is 0 Å². The summed E-state index contributed by atoms with van der Waals surface area (Å²) in [5.74, 6) is 0.886. The van der Waals surface area contributed by atoms with Gasteiger partial charge in [-0.2, -0.15) is 0 Å². The molecule has 0 aromatic heterocycles. The van der Waals surface area contributed by atoms with Gasteiger partial charge >= 0.3 is 12.0 Å². The summed E-state index contributed by atoms with van der Waals surface area (Å²) in [6.45, 7) is 4.39. The Kier molecular flexibility index (Phi) is 7.85. The van der Waals surface area contributed by atoms with E-state index in [0.717, 1.165) is 37.9 Å². The van der Waals surface area contributed by atoms with Crippen molar-refractivity contribution in [3.05, 3.63) is 77.0 Å². The second kappa shape index (κ2) is 11.2. The number of likely N-dealkylation sites (tertiary alicyclic amines) is 1. The first-order valence-electron chi connectivity index (χ1n) is 11.9. The van der Waals surface area contributed by atoms with Gasteiger partial charge in [-0.05, 0) is 68.5 Å². The van der Waals surface area contributed by atoms with Gasteiger partial charge in [0.25, 0.3) is 0 Å². The van der Waals surface area contributed by atoms with Gasteiger partial charge in [-0.25, -0.2) is 9.59 Å². The van der Waals surface area contributed by atoms with Crippen molar-refractivity contribution in [1.29, 1.82) is 0 Å². The minimum atomic E-state index is -0.603. The van der Waals surface area contributed by atoms with Gasteiger partial charge in [-0.15, -0.1) is 0 Å². The number of amides is 2. The molecular formula is C27H33N3O4. The van der Waals surface area contributed by atoms with Crippen molar-refractivity contribution in [2.75, 3.05) is 33.4 Å². The van der Waals surface area contributed by atoms with Gasteiger partial charge < -0.3 is 20.1 Å². The zero-order chi connectivity index (χ0) is 23.9. The molecule has 1 atom stereocenters. The van der Waals surface area contributed by atoms with E-state index >= 15 is 0 Å². The number of rotatable bonds is 8. The molecule has 0 spiro atoms. The average molecular weight is 464 g/mol. The summed E-state index contributed by atoms with van der Waals surface area (Å²) < 4.78 is 10.7. The lowest BCUT2D eigenvalue weighted by molar-refractivity contribution is -0.139. The minimum absolute atomic E-state index is 0.263. The largest absolute Gasteiger partial charge is 0.497 e. The van der Waals surface area contributed by atoms with Crippen LogP contribution < -0.4 is 15.4 Å². The molecule has 0 aliphatic carbocycles. The second-order valence-corrected chi connectivity index (χ2v) is 8.83. The Morgan fingerprint density at radius 2 is 1.85 bits per heavy atom. The molecule has 2 heterocycles. The highest BCUT2D eigenvalue weighted by molar-refractivity contribution is 5.95. The van der Waals surface area contributed by atoms with Gasteiger partial charge in [-0.3, -0.25) is 4.90 Å². The van der Waals surface area contributed by atoms with Gasteiger partial charge in [0.05, 0.1) is 25.3 Å². The molecular weight excluding hydrogens is 430 g/mol. The third kappa shape index (κ3) is 5.78. The summed E-state index contributed by atoms with van der Waals surface area (Å²) in [5, 5.41) is 5.78. The standard InChI is InChI=1S/C27H33N3O4/c1-3-34-26(31)24-23(28-27(32)29-25(24)21-10-7-11-22(17-21)33-2)18-30-14-12-20(13-15-30)16-19-8-5-4-6-9-19/h4-11,17,20,25H,3,12-16,18H2,1-2H3,(H2,28,29,32)/t25-/m1/s1. The molecule has 1 fully saturated rings. The number of piperidine rings is 1. The van der Waals surface area contributed by atoms with Gasteiger partial charge in [0, 0.05) is 12.2 Å². The molecule has 1 saturated heterocycles. The van der Waals surface area contributed by atoms with Crippen molar-refractivity contribution < 1.29 is 19.1 Å². The Morgan fingerprint density at radius 1 is 1.09 bits per heavy atom. The Labute approximate surface area is 201 Å². The van der Waals surface area contributed by atoms with Crippen LogP contribution in [0.25, 0.3) is 0 Å². The van der Waals surface area contributed by atoms with E-state index < -0.39 is 12.0 Å². The van der Waals surface area contributed by atoms with E-state index in [1.54, 1.807) is 14.0 Å². The molecule has 0 bridgehead atoms. The highest BCUT2D eigenvalue weighted by atomic mass is 16.5. The summed E-state index contributed by atoms with van der Waals surface area (Å²) >= 11 is 0. The van der Waals surface area contributed by atoms with Crippen molar-refractivity contribution >= 4 is 12.0 Å². The van der Waals surface area contributed by atoms with E-state index in [1.165, 1.54) is 5.56 Å². The highest BCUT2D eigenvalue weighted by Gasteiger charge is 2.35. The number of ether oxygens (including phenoxy) is 2. The fourth-order valence-corrected chi connectivity index (χ4v) is 4.78. The summed E-state index contributed by atoms with van der Waals surface area (Å²) in [4.78, 5) is 27.9. The molecule has 2 aliphatic rings. The lowest BCUT2D eigenvalue weighted by Gasteiger charge is -2.35.